The topological polar surface area (TPSA) is 15.3 Å². The van der Waals surface area contributed by atoms with E-state index in [9.17, 15) is 0 Å². The minimum absolute atomic E-state index is 0.737. The number of fused-ring (bicyclic) bond motifs is 2. The zero-order chi connectivity index (χ0) is 11.5. The second-order valence-corrected chi connectivity index (χ2v) is 4.48. The Morgan fingerprint density at radius 3 is 2.38 bits per heavy atom. The highest BCUT2D eigenvalue weighted by atomic mass is 15.3. The molecule has 1 aromatic carbocycles. The third-order valence-corrected chi connectivity index (χ3v) is 3.42. The maximum atomic E-state index is 3.53. The zero-order valence-electron chi connectivity index (χ0n) is 10.5. The van der Waals surface area contributed by atoms with E-state index in [1.807, 2.05) is 13.8 Å². The molecule has 0 amide bonds. The van der Waals surface area contributed by atoms with E-state index in [1.54, 1.807) is 0 Å². The van der Waals surface area contributed by atoms with Crippen LogP contribution in [0.3, 0.4) is 0 Å². The van der Waals surface area contributed by atoms with Crippen LogP contribution in [0.4, 0.5) is 5.69 Å². The lowest BCUT2D eigenvalue weighted by Crippen LogP contribution is -2.43. The highest BCUT2D eigenvalue weighted by molar-refractivity contribution is 5.50. The first-order valence-electron chi connectivity index (χ1n) is 6.39. The average molecular weight is 218 g/mol. The van der Waals surface area contributed by atoms with Gasteiger partial charge < -0.3 is 10.2 Å². The molecule has 88 valence electrons. The molecular formula is C14H22N2. The van der Waals surface area contributed by atoms with Gasteiger partial charge in [0.1, 0.15) is 0 Å². The van der Waals surface area contributed by atoms with Crippen molar-refractivity contribution < 1.29 is 0 Å². The standard InChI is InChI=1S/C12H16N2.C2H6/c1-9-2-4-11(5-3-9)14-8-10-6-12(14)7-13-10;1-2/h2-5,10,12-13H,6-8H2,1H3;1-2H3. The van der Waals surface area contributed by atoms with Gasteiger partial charge in [0.25, 0.3) is 0 Å². The van der Waals surface area contributed by atoms with Crippen molar-refractivity contribution in [2.24, 2.45) is 0 Å². The predicted octanol–water partition coefficient (Wildman–Crippen LogP) is 2.57. The second-order valence-electron chi connectivity index (χ2n) is 4.48. The molecular weight excluding hydrogens is 196 g/mol. The number of aryl methyl sites for hydroxylation is 1. The molecule has 3 rings (SSSR count). The molecule has 0 radical (unpaired) electrons. The van der Waals surface area contributed by atoms with Crippen LogP contribution in [0.15, 0.2) is 24.3 Å². The van der Waals surface area contributed by atoms with Crippen molar-refractivity contribution >= 4 is 5.69 Å². The van der Waals surface area contributed by atoms with Crippen molar-refractivity contribution in [3.05, 3.63) is 29.8 Å². The molecule has 0 spiro atoms. The van der Waals surface area contributed by atoms with Crippen LogP contribution >= 0.6 is 0 Å². The largest absolute Gasteiger partial charge is 0.366 e. The molecule has 0 aromatic heterocycles. The van der Waals surface area contributed by atoms with Gasteiger partial charge in [-0.2, -0.15) is 0 Å². The van der Waals surface area contributed by atoms with Crippen LogP contribution in [-0.4, -0.2) is 25.2 Å². The maximum absolute atomic E-state index is 3.53. The number of benzene rings is 1. The van der Waals surface area contributed by atoms with Crippen LogP contribution in [0.5, 0.6) is 0 Å². The summed E-state index contributed by atoms with van der Waals surface area (Å²) in [7, 11) is 0. The summed E-state index contributed by atoms with van der Waals surface area (Å²) in [4.78, 5) is 2.54. The molecule has 2 heterocycles. The normalized spacial score (nSPS) is 26.6. The van der Waals surface area contributed by atoms with E-state index in [0.717, 1.165) is 12.1 Å². The molecule has 2 nitrogen and oxygen atoms in total. The number of hydrogen-bond acceptors (Lipinski definition) is 2. The lowest BCUT2D eigenvalue weighted by Gasteiger charge is -2.29. The minimum atomic E-state index is 0.737. The van der Waals surface area contributed by atoms with Gasteiger partial charge in [0.2, 0.25) is 0 Å². The monoisotopic (exact) mass is 218 g/mol. The van der Waals surface area contributed by atoms with Gasteiger partial charge in [-0.15, -0.1) is 0 Å². The van der Waals surface area contributed by atoms with Crippen LogP contribution in [0.2, 0.25) is 0 Å². The maximum Gasteiger partial charge on any atom is 0.0430 e. The summed E-state index contributed by atoms with van der Waals surface area (Å²) < 4.78 is 0. The minimum Gasteiger partial charge on any atom is -0.366 e. The van der Waals surface area contributed by atoms with Crippen molar-refractivity contribution in [3.8, 4) is 0 Å². The molecule has 2 fully saturated rings. The summed E-state index contributed by atoms with van der Waals surface area (Å²) >= 11 is 0. The third-order valence-electron chi connectivity index (χ3n) is 3.42. The van der Waals surface area contributed by atoms with E-state index in [-0.39, 0.29) is 0 Å². The fraction of sp³-hybridized carbons (Fsp3) is 0.571. The Bertz CT molecular complexity index is 331. The summed E-state index contributed by atoms with van der Waals surface area (Å²) in [6.07, 6.45) is 1.33. The number of anilines is 1. The first-order valence-corrected chi connectivity index (χ1v) is 6.39. The van der Waals surface area contributed by atoms with Crippen molar-refractivity contribution in [2.75, 3.05) is 18.0 Å². The lowest BCUT2D eigenvalue weighted by atomic mass is 10.2. The van der Waals surface area contributed by atoms with Gasteiger partial charge in [0, 0.05) is 30.9 Å². The van der Waals surface area contributed by atoms with Crippen molar-refractivity contribution in [1.29, 1.82) is 0 Å². The summed E-state index contributed by atoms with van der Waals surface area (Å²) in [6.45, 7) is 8.49. The number of nitrogens with one attached hydrogen (secondary N) is 1. The van der Waals surface area contributed by atoms with E-state index >= 15 is 0 Å². The fourth-order valence-electron chi connectivity index (χ4n) is 2.61. The molecule has 1 aromatic rings. The Labute approximate surface area is 98.7 Å². The Morgan fingerprint density at radius 2 is 1.88 bits per heavy atom. The third kappa shape index (κ3) is 2.07. The van der Waals surface area contributed by atoms with Gasteiger partial charge >= 0.3 is 0 Å². The Kier molecular flexibility index (Phi) is 3.49. The van der Waals surface area contributed by atoms with E-state index in [2.05, 4.69) is 41.4 Å². The average Bonchev–Trinajstić information content (AvgIpc) is 2.94. The molecule has 2 saturated heterocycles. The highest BCUT2D eigenvalue weighted by Gasteiger charge is 2.37. The molecule has 2 heteroatoms. The summed E-state index contributed by atoms with van der Waals surface area (Å²) in [5, 5.41) is 3.53. The molecule has 2 aliphatic rings. The molecule has 2 bridgehead atoms. The second kappa shape index (κ2) is 4.88. The fourth-order valence-corrected chi connectivity index (χ4v) is 2.61. The number of rotatable bonds is 1. The molecule has 2 atom stereocenters. The Balaban J connectivity index is 0.000000457. The van der Waals surface area contributed by atoms with E-state index < -0.39 is 0 Å². The van der Waals surface area contributed by atoms with E-state index in [4.69, 9.17) is 0 Å². The van der Waals surface area contributed by atoms with Gasteiger partial charge in [0.05, 0.1) is 0 Å². The summed E-state index contributed by atoms with van der Waals surface area (Å²) in [6, 6.07) is 10.4. The lowest BCUT2D eigenvalue weighted by molar-refractivity contribution is 0.580. The zero-order valence-corrected chi connectivity index (χ0v) is 10.5. The molecule has 0 aliphatic carbocycles. The van der Waals surface area contributed by atoms with Crippen LogP contribution in [-0.2, 0) is 0 Å². The Morgan fingerprint density at radius 1 is 1.19 bits per heavy atom. The van der Waals surface area contributed by atoms with Crippen LogP contribution in [0, 0.1) is 6.92 Å². The SMILES string of the molecule is CC.Cc1ccc(N2CC3CC2CN3)cc1. The van der Waals surface area contributed by atoms with Crippen LogP contribution in [0.1, 0.15) is 25.8 Å². The number of piperazine rings is 1. The van der Waals surface area contributed by atoms with Crippen LogP contribution in [0.25, 0.3) is 0 Å². The highest BCUT2D eigenvalue weighted by Crippen LogP contribution is 2.29. The van der Waals surface area contributed by atoms with Gasteiger partial charge in [0.15, 0.2) is 0 Å². The first kappa shape index (κ1) is 11.5. The summed E-state index contributed by atoms with van der Waals surface area (Å²) in [5.74, 6) is 0. The van der Waals surface area contributed by atoms with Crippen molar-refractivity contribution in [3.63, 3.8) is 0 Å². The van der Waals surface area contributed by atoms with Gasteiger partial charge in [-0.05, 0) is 25.5 Å². The molecule has 2 unspecified atom stereocenters. The quantitative estimate of drug-likeness (QED) is 0.779. The van der Waals surface area contributed by atoms with Gasteiger partial charge in [-0.1, -0.05) is 31.5 Å². The number of nitrogens with zero attached hydrogens (tertiary/aromatic N) is 1. The van der Waals surface area contributed by atoms with E-state index in [0.29, 0.717) is 0 Å². The van der Waals surface area contributed by atoms with Crippen molar-refractivity contribution in [2.45, 2.75) is 39.3 Å². The van der Waals surface area contributed by atoms with Gasteiger partial charge in [-0.25, -0.2) is 0 Å². The number of hydrogen-bond donors (Lipinski definition) is 1. The first-order chi connectivity index (χ1) is 7.83. The molecule has 0 saturated carbocycles. The predicted molar refractivity (Wildman–Crippen MR) is 70.1 cm³/mol. The molecule has 2 aliphatic heterocycles. The molecule has 1 N–H and O–H groups in total. The van der Waals surface area contributed by atoms with Crippen molar-refractivity contribution in [1.82, 2.24) is 5.32 Å². The Hall–Kier alpha value is -1.02. The van der Waals surface area contributed by atoms with Crippen LogP contribution < -0.4 is 10.2 Å². The van der Waals surface area contributed by atoms with E-state index in [1.165, 1.54) is 30.8 Å². The smallest absolute Gasteiger partial charge is 0.0430 e. The molecule has 16 heavy (non-hydrogen) atoms. The van der Waals surface area contributed by atoms with Gasteiger partial charge in [-0.3, -0.25) is 0 Å². The summed E-state index contributed by atoms with van der Waals surface area (Å²) in [5.41, 5.74) is 2.74.